The maximum Gasteiger partial charge on any atom is 0.259 e. The molecule has 0 fully saturated rings. The van der Waals surface area contributed by atoms with Crippen molar-refractivity contribution in [1.82, 2.24) is 4.98 Å². The summed E-state index contributed by atoms with van der Waals surface area (Å²) >= 11 is 9.18. The highest BCUT2D eigenvalue weighted by atomic mass is 79.9. The van der Waals surface area contributed by atoms with E-state index in [0.717, 1.165) is 4.47 Å². The van der Waals surface area contributed by atoms with Crippen LogP contribution in [0.3, 0.4) is 0 Å². The van der Waals surface area contributed by atoms with Crippen molar-refractivity contribution in [2.75, 3.05) is 5.32 Å². The zero-order chi connectivity index (χ0) is 13.1. The highest BCUT2D eigenvalue weighted by molar-refractivity contribution is 9.10. The Kier molecular flexibility index (Phi) is 3.84. The largest absolute Gasteiger partial charge is 0.505 e. The van der Waals surface area contributed by atoms with E-state index in [0.29, 0.717) is 10.7 Å². The number of hydrogen-bond acceptors (Lipinski definition) is 3. The Bertz CT molecular complexity index is 604. The molecule has 0 radical (unpaired) electrons. The molecule has 1 amide bonds. The van der Waals surface area contributed by atoms with E-state index in [2.05, 4.69) is 26.2 Å². The van der Waals surface area contributed by atoms with Crippen LogP contribution in [-0.2, 0) is 0 Å². The average molecular weight is 328 g/mol. The van der Waals surface area contributed by atoms with Crippen LogP contribution < -0.4 is 5.32 Å². The summed E-state index contributed by atoms with van der Waals surface area (Å²) in [6, 6.07) is 6.48. The van der Waals surface area contributed by atoms with Crippen molar-refractivity contribution in [3.05, 3.63) is 51.7 Å². The molecule has 2 aromatic rings. The zero-order valence-electron chi connectivity index (χ0n) is 9.02. The molecular formula is C12H8BrClN2O2. The summed E-state index contributed by atoms with van der Waals surface area (Å²) < 4.78 is 0.744. The molecular weight excluding hydrogens is 320 g/mol. The van der Waals surface area contributed by atoms with E-state index in [1.54, 1.807) is 18.2 Å². The molecule has 0 atom stereocenters. The highest BCUT2D eigenvalue weighted by Crippen LogP contribution is 2.26. The molecule has 1 aromatic carbocycles. The molecule has 4 nitrogen and oxygen atoms in total. The second kappa shape index (κ2) is 5.37. The summed E-state index contributed by atoms with van der Waals surface area (Å²) in [7, 11) is 0. The van der Waals surface area contributed by atoms with Crippen molar-refractivity contribution >= 4 is 39.1 Å². The van der Waals surface area contributed by atoms with Gasteiger partial charge >= 0.3 is 0 Å². The molecule has 0 bridgehead atoms. The number of carbonyl (C=O) groups excluding carboxylic acids is 1. The molecule has 0 spiro atoms. The fourth-order valence-corrected chi connectivity index (χ4v) is 1.78. The van der Waals surface area contributed by atoms with Gasteiger partial charge in [-0.1, -0.05) is 11.6 Å². The van der Waals surface area contributed by atoms with Crippen LogP contribution in [0.4, 0.5) is 5.69 Å². The predicted octanol–water partition coefficient (Wildman–Crippen LogP) is 3.46. The first-order chi connectivity index (χ1) is 8.58. The van der Waals surface area contributed by atoms with E-state index < -0.39 is 5.91 Å². The second-order valence-corrected chi connectivity index (χ2v) is 4.74. The van der Waals surface area contributed by atoms with Crippen molar-refractivity contribution in [1.29, 1.82) is 0 Å². The summed E-state index contributed by atoms with van der Waals surface area (Å²) in [6.07, 6.45) is 2.65. The van der Waals surface area contributed by atoms with E-state index in [4.69, 9.17) is 11.6 Å². The fraction of sp³-hybridized carbons (Fsp3) is 0. The van der Waals surface area contributed by atoms with Gasteiger partial charge in [-0.15, -0.1) is 0 Å². The number of hydrogen-bond donors (Lipinski definition) is 2. The molecule has 0 aliphatic heterocycles. The molecule has 0 aliphatic carbocycles. The highest BCUT2D eigenvalue weighted by Gasteiger charge is 2.11. The number of benzene rings is 1. The number of halogens is 2. The molecule has 0 saturated carbocycles. The molecule has 0 aliphatic rings. The van der Waals surface area contributed by atoms with Gasteiger partial charge in [-0.25, -0.2) is 0 Å². The first-order valence-corrected chi connectivity index (χ1v) is 6.14. The number of anilines is 1. The Labute approximate surface area is 117 Å². The van der Waals surface area contributed by atoms with E-state index in [1.165, 1.54) is 18.5 Å². The predicted molar refractivity (Wildman–Crippen MR) is 73.0 cm³/mol. The zero-order valence-corrected chi connectivity index (χ0v) is 11.4. The quantitative estimate of drug-likeness (QED) is 0.888. The maximum absolute atomic E-state index is 11.9. The lowest BCUT2D eigenvalue weighted by Crippen LogP contribution is -2.12. The van der Waals surface area contributed by atoms with Crippen LogP contribution in [0.5, 0.6) is 5.75 Å². The van der Waals surface area contributed by atoms with Crippen molar-refractivity contribution in [3.63, 3.8) is 0 Å². The van der Waals surface area contributed by atoms with Crippen molar-refractivity contribution < 1.29 is 9.90 Å². The monoisotopic (exact) mass is 326 g/mol. The Balaban J connectivity index is 2.22. The number of nitrogens with one attached hydrogen (secondary N) is 1. The van der Waals surface area contributed by atoms with Gasteiger partial charge in [0, 0.05) is 16.4 Å². The normalized spacial score (nSPS) is 10.1. The lowest BCUT2D eigenvalue weighted by atomic mass is 10.2. The topological polar surface area (TPSA) is 62.2 Å². The molecule has 1 aromatic heterocycles. The Morgan fingerprint density at radius 1 is 1.39 bits per heavy atom. The van der Waals surface area contributed by atoms with Gasteiger partial charge in [0.2, 0.25) is 0 Å². The van der Waals surface area contributed by atoms with Gasteiger partial charge in [0.25, 0.3) is 5.91 Å². The van der Waals surface area contributed by atoms with Gasteiger partial charge in [0.05, 0.1) is 16.8 Å². The maximum atomic E-state index is 11.9. The molecule has 0 saturated heterocycles. The molecule has 0 unspecified atom stereocenters. The second-order valence-electron chi connectivity index (χ2n) is 3.48. The third-order valence-corrected chi connectivity index (χ3v) is 3.45. The first kappa shape index (κ1) is 12.9. The summed E-state index contributed by atoms with van der Waals surface area (Å²) in [5, 5.41) is 12.6. The number of nitrogens with zero attached hydrogens (tertiary/aromatic N) is 1. The van der Waals surface area contributed by atoms with Crippen LogP contribution >= 0.6 is 27.5 Å². The smallest absolute Gasteiger partial charge is 0.259 e. The van der Waals surface area contributed by atoms with Gasteiger partial charge in [0.1, 0.15) is 5.75 Å². The van der Waals surface area contributed by atoms with E-state index in [-0.39, 0.29) is 11.3 Å². The number of aromatic nitrogens is 1. The first-order valence-electron chi connectivity index (χ1n) is 4.97. The van der Waals surface area contributed by atoms with Crippen molar-refractivity contribution in [2.24, 2.45) is 0 Å². The third-order valence-electron chi connectivity index (χ3n) is 2.22. The summed E-state index contributed by atoms with van der Waals surface area (Å²) in [5.41, 5.74) is 0.702. The summed E-state index contributed by atoms with van der Waals surface area (Å²) in [4.78, 5) is 15.6. The van der Waals surface area contributed by atoms with Crippen LogP contribution in [0, 0.1) is 0 Å². The van der Waals surface area contributed by atoms with E-state index in [9.17, 15) is 9.90 Å². The number of amides is 1. The van der Waals surface area contributed by atoms with Crippen LogP contribution in [0.15, 0.2) is 41.1 Å². The molecule has 2 N–H and O–H groups in total. The van der Waals surface area contributed by atoms with E-state index in [1.807, 2.05) is 0 Å². The summed E-state index contributed by atoms with van der Waals surface area (Å²) in [6.45, 7) is 0. The average Bonchev–Trinajstić information content (AvgIpc) is 2.34. The molecule has 1 heterocycles. The number of pyridine rings is 1. The van der Waals surface area contributed by atoms with Crippen LogP contribution in [0.25, 0.3) is 0 Å². The Morgan fingerprint density at radius 2 is 2.17 bits per heavy atom. The molecule has 2 rings (SSSR count). The van der Waals surface area contributed by atoms with Crippen LogP contribution in [0.2, 0.25) is 5.02 Å². The SMILES string of the molecule is O=C(Nc1ccc(Br)c(Cl)c1)c1ccncc1O. The van der Waals surface area contributed by atoms with Crippen LogP contribution in [-0.4, -0.2) is 16.0 Å². The number of carbonyl (C=O) groups is 1. The Morgan fingerprint density at radius 3 is 2.83 bits per heavy atom. The van der Waals surface area contributed by atoms with Gasteiger partial charge < -0.3 is 10.4 Å². The van der Waals surface area contributed by atoms with Crippen LogP contribution in [0.1, 0.15) is 10.4 Å². The molecule has 18 heavy (non-hydrogen) atoms. The number of aromatic hydroxyl groups is 1. The van der Waals surface area contributed by atoms with Gasteiger partial charge in [0.15, 0.2) is 0 Å². The van der Waals surface area contributed by atoms with Crippen molar-refractivity contribution in [3.8, 4) is 5.75 Å². The molecule has 92 valence electrons. The van der Waals surface area contributed by atoms with Crippen molar-refractivity contribution in [2.45, 2.75) is 0 Å². The van der Waals surface area contributed by atoms with Gasteiger partial charge in [-0.05, 0) is 40.2 Å². The standard InChI is InChI=1S/C12H8BrClN2O2/c13-9-2-1-7(5-10(9)14)16-12(18)8-3-4-15-6-11(8)17/h1-6,17H,(H,16,18). The minimum Gasteiger partial charge on any atom is -0.505 e. The minimum atomic E-state index is -0.423. The Hall–Kier alpha value is -1.59. The van der Waals surface area contributed by atoms with Gasteiger partial charge in [-0.2, -0.15) is 0 Å². The third kappa shape index (κ3) is 2.80. The summed E-state index contributed by atoms with van der Waals surface area (Å²) in [5.74, 6) is -0.591. The lowest BCUT2D eigenvalue weighted by molar-refractivity contribution is 0.102. The molecule has 6 heteroatoms. The number of rotatable bonds is 2. The minimum absolute atomic E-state index is 0.157. The lowest BCUT2D eigenvalue weighted by Gasteiger charge is -2.07. The fourth-order valence-electron chi connectivity index (χ4n) is 1.35. The van der Waals surface area contributed by atoms with E-state index >= 15 is 0 Å². The van der Waals surface area contributed by atoms with Gasteiger partial charge in [-0.3, -0.25) is 9.78 Å².